The molecule has 0 saturated heterocycles. The summed E-state index contributed by atoms with van der Waals surface area (Å²) in [5.41, 5.74) is 2.08. The third-order valence-corrected chi connectivity index (χ3v) is 2.42. The predicted octanol–water partition coefficient (Wildman–Crippen LogP) is 3.68. The van der Waals surface area contributed by atoms with Crippen molar-refractivity contribution >= 4 is 5.78 Å². The zero-order chi connectivity index (χ0) is 13.2. The second-order valence-electron chi connectivity index (χ2n) is 4.28. The van der Waals surface area contributed by atoms with Gasteiger partial charge in [0.2, 0.25) is 0 Å². The molecule has 2 nitrogen and oxygen atoms in total. The monoisotopic (exact) mass is 244 g/mol. The number of carbonyl (C=O) groups is 1. The molecule has 0 bridgehead atoms. The normalized spacial score (nSPS) is 10.7. The van der Waals surface area contributed by atoms with Gasteiger partial charge in [0, 0.05) is 6.42 Å². The van der Waals surface area contributed by atoms with Crippen LogP contribution in [0.3, 0.4) is 0 Å². The fourth-order valence-electron chi connectivity index (χ4n) is 1.46. The predicted molar refractivity (Wildman–Crippen MR) is 74.3 cm³/mol. The van der Waals surface area contributed by atoms with Crippen LogP contribution >= 0.6 is 0 Å². The van der Waals surface area contributed by atoms with Gasteiger partial charge in [0.05, 0.1) is 13.2 Å². The molecule has 1 aromatic carbocycles. The van der Waals surface area contributed by atoms with E-state index in [-0.39, 0.29) is 5.78 Å². The van der Waals surface area contributed by atoms with E-state index in [9.17, 15) is 4.79 Å². The SMILES string of the molecule is C=C(C=CCCC(C)=O)COCc1ccccc1. The van der Waals surface area contributed by atoms with Crippen molar-refractivity contribution < 1.29 is 9.53 Å². The van der Waals surface area contributed by atoms with Crippen LogP contribution in [0.5, 0.6) is 0 Å². The van der Waals surface area contributed by atoms with Crippen LogP contribution in [-0.2, 0) is 16.1 Å². The van der Waals surface area contributed by atoms with Gasteiger partial charge in [-0.25, -0.2) is 0 Å². The maximum Gasteiger partial charge on any atom is 0.130 e. The van der Waals surface area contributed by atoms with Crippen molar-refractivity contribution in [2.75, 3.05) is 6.61 Å². The van der Waals surface area contributed by atoms with Crippen molar-refractivity contribution in [2.45, 2.75) is 26.4 Å². The number of Topliss-reactive ketones (excluding diaryl/α,β-unsaturated/α-hetero) is 1. The Morgan fingerprint density at radius 3 is 2.72 bits per heavy atom. The number of carbonyl (C=O) groups excluding carboxylic acids is 1. The summed E-state index contributed by atoms with van der Waals surface area (Å²) >= 11 is 0. The van der Waals surface area contributed by atoms with Crippen LogP contribution in [0, 0.1) is 0 Å². The molecule has 0 aliphatic rings. The Bertz CT molecular complexity index is 404. The third kappa shape index (κ3) is 6.81. The molecule has 0 fully saturated rings. The standard InChI is InChI=1S/C16H20O2/c1-14(8-6-7-9-15(2)17)12-18-13-16-10-4-3-5-11-16/h3-6,8,10-11H,1,7,9,12-13H2,2H3. The number of rotatable bonds is 8. The highest BCUT2D eigenvalue weighted by atomic mass is 16.5. The van der Waals surface area contributed by atoms with Gasteiger partial charge in [-0.3, -0.25) is 0 Å². The fourth-order valence-corrected chi connectivity index (χ4v) is 1.46. The lowest BCUT2D eigenvalue weighted by Crippen LogP contribution is -1.96. The van der Waals surface area contributed by atoms with Crippen LogP contribution < -0.4 is 0 Å². The Labute approximate surface area is 109 Å². The highest BCUT2D eigenvalue weighted by Crippen LogP contribution is 2.03. The number of benzene rings is 1. The smallest absolute Gasteiger partial charge is 0.130 e. The minimum Gasteiger partial charge on any atom is -0.372 e. The Morgan fingerprint density at radius 1 is 1.33 bits per heavy atom. The summed E-state index contributed by atoms with van der Waals surface area (Å²) in [5.74, 6) is 0.214. The average molecular weight is 244 g/mol. The lowest BCUT2D eigenvalue weighted by atomic mass is 10.2. The number of ketones is 1. The molecule has 0 spiro atoms. The Hall–Kier alpha value is -1.67. The molecule has 1 rings (SSSR count). The second kappa shape index (κ2) is 8.43. The van der Waals surface area contributed by atoms with E-state index in [2.05, 4.69) is 6.58 Å². The molecule has 0 atom stereocenters. The van der Waals surface area contributed by atoms with E-state index < -0.39 is 0 Å². The van der Waals surface area contributed by atoms with Crippen molar-refractivity contribution in [3.63, 3.8) is 0 Å². The van der Waals surface area contributed by atoms with Gasteiger partial charge < -0.3 is 9.53 Å². The van der Waals surface area contributed by atoms with Gasteiger partial charge in [-0.1, -0.05) is 49.1 Å². The molecule has 0 aromatic heterocycles. The first-order chi connectivity index (χ1) is 8.68. The van der Waals surface area contributed by atoms with Gasteiger partial charge in [-0.2, -0.15) is 0 Å². The molecule has 0 unspecified atom stereocenters. The summed E-state index contributed by atoms with van der Waals surface area (Å²) < 4.78 is 5.54. The number of hydrogen-bond acceptors (Lipinski definition) is 2. The lowest BCUT2D eigenvalue weighted by Gasteiger charge is -2.04. The van der Waals surface area contributed by atoms with Gasteiger partial charge in [0.25, 0.3) is 0 Å². The molecule has 0 saturated carbocycles. The summed E-state index contributed by atoms with van der Waals surface area (Å²) in [6.45, 7) is 6.63. The van der Waals surface area contributed by atoms with Crippen molar-refractivity contribution in [1.82, 2.24) is 0 Å². The molecule has 0 N–H and O–H groups in total. The molecule has 96 valence electrons. The van der Waals surface area contributed by atoms with E-state index in [1.807, 2.05) is 42.5 Å². The van der Waals surface area contributed by atoms with E-state index in [1.54, 1.807) is 6.92 Å². The molecule has 0 amide bonds. The van der Waals surface area contributed by atoms with E-state index in [4.69, 9.17) is 4.74 Å². The van der Waals surface area contributed by atoms with E-state index >= 15 is 0 Å². The minimum atomic E-state index is 0.214. The first kappa shape index (κ1) is 14.4. The molecular formula is C16H20O2. The average Bonchev–Trinajstić information content (AvgIpc) is 2.36. The van der Waals surface area contributed by atoms with Gasteiger partial charge in [0.1, 0.15) is 5.78 Å². The maximum absolute atomic E-state index is 10.7. The highest BCUT2D eigenvalue weighted by molar-refractivity contribution is 5.75. The number of allylic oxidation sites excluding steroid dienone is 1. The summed E-state index contributed by atoms with van der Waals surface area (Å²) in [6.07, 6.45) is 5.26. The summed E-state index contributed by atoms with van der Waals surface area (Å²) in [6, 6.07) is 10.0. The highest BCUT2D eigenvalue weighted by Gasteiger charge is 1.93. The maximum atomic E-state index is 10.7. The minimum absolute atomic E-state index is 0.214. The molecule has 18 heavy (non-hydrogen) atoms. The van der Waals surface area contributed by atoms with Gasteiger partial charge >= 0.3 is 0 Å². The largest absolute Gasteiger partial charge is 0.372 e. The van der Waals surface area contributed by atoms with Crippen LogP contribution in [0.4, 0.5) is 0 Å². The van der Waals surface area contributed by atoms with Gasteiger partial charge in [-0.05, 0) is 24.5 Å². The number of hydrogen-bond donors (Lipinski definition) is 0. The van der Waals surface area contributed by atoms with Crippen LogP contribution in [0.15, 0.2) is 54.6 Å². The number of ether oxygens (including phenoxy) is 1. The molecule has 2 heteroatoms. The van der Waals surface area contributed by atoms with E-state index in [0.717, 1.165) is 17.6 Å². The van der Waals surface area contributed by atoms with Gasteiger partial charge in [-0.15, -0.1) is 0 Å². The zero-order valence-corrected chi connectivity index (χ0v) is 10.9. The molecule has 1 aromatic rings. The summed E-state index contributed by atoms with van der Waals surface area (Å²) in [7, 11) is 0. The van der Waals surface area contributed by atoms with Crippen LogP contribution in [0.1, 0.15) is 25.3 Å². The molecule has 0 heterocycles. The molecular weight excluding hydrogens is 224 g/mol. The second-order valence-corrected chi connectivity index (χ2v) is 4.28. The Morgan fingerprint density at radius 2 is 2.06 bits per heavy atom. The third-order valence-electron chi connectivity index (χ3n) is 2.42. The van der Waals surface area contributed by atoms with Gasteiger partial charge in [0.15, 0.2) is 0 Å². The van der Waals surface area contributed by atoms with Crippen molar-refractivity contribution in [3.05, 3.63) is 60.2 Å². The summed E-state index contributed by atoms with van der Waals surface area (Å²) in [4.78, 5) is 10.7. The first-order valence-corrected chi connectivity index (χ1v) is 6.14. The molecule has 0 aliphatic carbocycles. The molecule has 0 radical (unpaired) electrons. The van der Waals surface area contributed by atoms with Crippen LogP contribution in [-0.4, -0.2) is 12.4 Å². The first-order valence-electron chi connectivity index (χ1n) is 6.14. The van der Waals surface area contributed by atoms with Crippen molar-refractivity contribution in [1.29, 1.82) is 0 Å². The molecule has 0 aliphatic heterocycles. The van der Waals surface area contributed by atoms with Crippen molar-refractivity contribution in [3.8, 4) is 0 Å². The van der Waals surface area contributed by atoms with Crippen molar-refractivity contribution in [2.24, 2.45) is 0 Å². The van der Waals surface area contributed by atoms with Crippen LogP contribution in [0.25, 0.3) is 0 Å². The zero-order valence-electron chi connectivity index (χ0n) is 10.9. The van der Waals surface area contributed by atoms with E-state index in [0.29, 0.717) is 19.6 Å². The lowest BCUT2D eigenvalue weighted by molar-refractivity contribution is -0.116. The Kier molecular flexibility index (Phi) is 6.74. The van der Waals surface area contributed by atoms with Crippen LogP contribution in [0.2, 0.25) is 0 Å². The topological polar surface area (TPSA) is 26.3 Å². The quantitative estimate of drug-likeness (QED) is 0.652. The fraction of sp³-hybridized carbons (Fsp3) is 0.312. The summed E-state index contributed by atoms with van der Waals surface area (Å²) in [5, 5.41) is 0. The Balaban J connectivity index is 2.15. The van der Waals surface area contributed by atoms with E-state index in [1.165, 1.54) is 0 Å².